The second-order valence-corrected chi connectivity index (χ2v) is 5.83. The summed E-state index contributed by atoms with van der Waals surface area (Å²) in [5.41, 5.74) is 8.93. The van der Waals surface area contributed by atoms with Crippen molar-refractivity contribution in [2.24, 2.45) is 11.7 Å². The van der Waals surface area contributed by atoms with Crippen LogP contribution in [-0.4, -0.2) is 29.5 Å². The molecule has 2 N–H and O–H groups in total. The molecule has 1 saturated carbocycles. The predicted molar refractivity (Wildman–Crippen MR) is 75.8 cm³/mol. The van der Waals surface area contributed by atoms with Gasteiger partial charge in [0.05, 0.1) is 0 Å². The minimum atomic E-state index is 0.438. The highest BCUT2D eigenvalue weighted by Crippen LogP contribution is 2.26. The highest BCUT2D eigenvalue weighted by molar-refractivity contribution is 5.73. The third kappa shape index (κ3) is 2.80. The van der Waals surface area contributed by atoms with Gasteiger partial charge in [-0.3, -0.25) is 0 Å². The van der Waals surface area contributed by atoms with E-state index in [1.165, 1.54) is 18.4 Å². The van der Waals surface area contributed by atoms with Gasteiger partial charge in [0, 0.05) is 26.1 Å². The lowest BCUT2D eigenvalue weighted by molar-refractivity contribution is 0.178. The van der Waals surface area contributed by atoms with Crippen molar-refractivity contribution in [2.45, 2.75) is 32.4 Å². The van der Waals surface area contributed by atoms with Gasteiger partial charge in [-0.05, 0) is 43.5 Å². The standard InChI is InChI=1S/C15H21N3O/c1-10-17-14-7-11(3-4-15(14)19-10)8-18(2)9-12-5-13(16)6-12/h3-4,7,12-13H,5-6,8-9,16H2,1-2H3. The maximum atomic E-state index is 5.82. The molecule has 0 bridgehead atoms. The van der Waals surface area contributed by atoms with Crippen molar-refractivity contribution in [3.63, 3.8) is 0 Å². The molecule has 1 fully saturated rings. The second-order valence-electron chi connectivity index (χ2n) is 5.83. The van der Waals surface area contributed by atoms with Crippen molar-refractivity contribution in [2.75, 3.05) is 13.6 Å². The number of hydrogen-bond donors (Lipinski definition) is 1. The lowest BCUT2D eigenvalue weighted by atomic mass is 9.80. The van der Waals surface area contributed by atoms with Crippen LogP contribution in [0.4, 0.5) is 0 Å². The van der Waals surface area contributed by atoms with Crippen LogP contribution >= 0.6 is 0 Å². The van der Waals surface area contributed by atoms with Crippen molar-refractivity contribution in [3.05, 3.63) is 29.7 Å². The monoisotopic (exact) mass is 259 g/mol. The average Bonchev–Trinajstić information content (AvgIpc) is 2.66. The van der Waals surface area contributed by atoms with Gasteiger partial charge in [-0.2, -0.15) is 0 Å². The zero-order chi connectivity index (χ0) is 13.4. The summed E-state index contributed by atoms with van der Waals surface area (Å²) in [5.74, 6) is 1.50. The van der Waals surface area contributed by atoms with Gasteiger partial charge >= 0.3 is 0 Å². The zero-order valence-corrected chi connectivity index (χ0v) is 11.6. The quantitative estimate of drug-likeness (QED) is 0.915. The number of rotatable bonds is 4. The van der Waals surface area contributed by atoms with Crippen LogP contribution in [0.2, 0.25) is 0 Å². The van der Waals surface area contributed by atoms with Crippen LogP contribution in [0.25, 0.3) is 11.1 Å². The van der Waals surface area contributed by atoms with E-state index in [0.717, 1.165) is 36.0 Å². The summed E-state index contributed by atoms with van der Waals surface area (Å²) >= 11 is 0. The molecule has 0 amide bonds. The fourth-order valence-electron chi connectivity index (χ4n) is 2.94. The minimum Gasteiger partial charge on any atom is -0.441 e. The lowest BCUT2D eigenvalue weighted by Gasteiger charge is -2.35. The molecule has 0 unspecified atom stereocenters. The van der Waals surface area contributed by atoms with Crippen LogP contribution < -0.4 is 5.73 Å². The molecule has 1 aromatic heterocycles. The first-order chi connectivity index (χ1) is 9.10. The topological polar surface area (TPSA) is 55.3 Å². The van der Waals surface area contributed by atoms with E-state index in [2.05, 4.69) is 29.1 Å². The Morgan fingerprint density at radius 2 is 2.21 bits per heavy atom. The average molecular weight is 259 g/mol. The first-order valence-corrected chi connectivity index (χ1v) is 6.90. The SMILES string of the molecule is Cc1nc2cc(CN(C)CC3CC(N)C3)ccc2o1. The molecule has 4 nitrogen and oxygen atoms in total. The number of hydrogen-bond acceptors (Lipinski definition) is 4. The normalized spacial score (nSPS) is 22.9. The molecule has 1 aromatic carbocycles. The van der Waals surface area contributed by atoms with Gasteiger partial charge in [-0.1, -0.05) is 6.07 Å². The van der Waals surface area contributed by atoms with E-state index in [4.69, 9.17) is 10.2 Å². The molecule has 3 rings (SSSR count). The number of benzene rings is 1. The fraction of sp³-hybridized carbons (Fsp3) is 0.533. The Bertz CT molecular complexity index is 572. The molecule has 1 aliphatic rings. The molecule has 0 saturated heterocycles. The van der Waals surface area contributed by atoms with Gasteiger partial charge in [-0.15, -0.1) is 0 Å². The molecule has 1 aliphatic carbocycles. The van der Waals surface area contributed by atoms with Gasteiger partial charge in [0.1, 0.15) is 5.52 Å². The molecular formula is C15H21N3O. The molecule has 0 spiro atoms. The summed E-state index contributed by atoms with van der Waals surface area (Å²) in [6, 6.07) is 6.69. The van der Waals surface area contributed by atoms with E-state index in [1.807, 2.05) is 13.0 Å². The summed E-state index contributed by atoms with van der Waals surface area (Å²) in [7, 11) is 2.17. The van der Waals surface area contributed by atoms with Crippen LogP contribution in [0.3, 0.4) is 0 Å². The molecule has 4 heteroatoms. The molecule has 2 aromatic rings. The van der Waals surface area contributed by atoms with Crippen molar-refractivity contribution in [3.8, 4) is 0 Å². The number of nitrogens with two attached hydrogens (primary N) is 1. The molecule has 102 valence electrons. The van der Waals surface area contributed by atoms with E-state index in [1.54, 1.807) is 0 Å². The van der Waals surface area contributed by atoms with Gasteiger partial charge < -0.3 is 15.1 Å². The van der Waals surface area contributed by atoms with E-state index in [0.29, 0.717) is 6.04 Å². The number of fused-ring (bicyclic) bond motifs is 1. The predicted octanol–water partition coefficient (Wildman–Crippen LogP) is 2.31. The van der Waals surface area contributed by atoms with E-state index in [9.17, 15) is 0 Å². The maximum Gasteiger partial charge on any atom is 0.192 e. The summed E-state index contributed by atoms with van der Waals surface area (Å²) in [6.07, 6.45) is 2.34. The molecule has 1 heterocycles. The maximum absolute atomic E-state index is 5.82. The Morgan fingerprint density at radius 1 is 1.42 bits per heavy atom. The molecule has 0 aliphatic heterocycles. The Kier molecular flexibility index (Phi) is 3.29. The fourth-order valence-corrected chi connectivity index (χ4v) is 2.94. The van der Waals surface area contributed by atoms with E-state index in [-0.39, 0.29) is 0 Å². The summed E-state index contributed by atoms with van der Waals surface area (Å²) in [4.78, 5) is 6.74. The third-order valence-electron chi connectivity index (χ3n) is 3.85. The number of aromatic nitrogens is 1. The molecular weight excluding hydrogens is 238 g/mol. The highest BCUT2D eigenvalue weighted by Gasteiger charge is 2.26. The van der Waals surface area contributed by atoms with Crippen LogP contribution in [-0.2, 0) is 6.54 Å². The largest absolute Gasteiger partial charge is 0.441 e. The number of aryl methyl sites for hydroxylation is 1. The van der Waals surface area contributed by atoms with Gasteiger partial charge in [0.15, 0.2) is 11.5 Å². The molecule has 0 radical (unpaired) electrons. The van der Waals surface area contributed by atoms with Gasteiger partial charge in [0.2, 0.25) is 0 Å². The van der Waals surface area contributed by atoms with Crippen LogP contribution in [0.5, 0.6) is 0 Å². The zero-order valence-electron chi connectivity index (χ0n) is 11.6. The second kappa shape index (κ2) is 4.94. The number of oxazole rings is 1. The Labute approximate surface area is 113 Å². The van der Waals surface area contributed by atoms with Crippen molar-refractivity contribution in [1.29, 1.82) is 0 Å². The van der Waals surface area contributed by atoms with E-state index >= 15 is 0 Å². The van der Waals surface area contributed by atoms with Gasteiger partial charge in [0.25, 0.3) is 0 Å². The highest BCUT2D eigenvalue weighted by atomic mass is 16.3. The van der Waals surface area contributed by atoms with E-state index < -0.39 is 0 Å². The third-order valence-corrected chi connectivity index (χ3v) is 3.85. The summed E-state index contributed by atoms with van der Waals surface area (Å²) < 4.78 is 5.49. The minimum absolute atomic E-state index is 0.438. The van der Waals surface area contributed by atoms with Crippen LogP contribution in [0.15, 0.2) is 22.6 Å². The summed E-state index contributed by atoms with van der Waals surface area (Å²) in [6.45, 7) is 3.96. The van der Waals surface area contributed by atoms with Crippen LogP contribution in [0.1, 0.15) is 24.3 Å². The molecule has 0 atom stereocenters. The Balaban J connectivity index is 1.63. The van der Waals surface area contributed by atoms with Gasteiger partial charge in [-0.25, -0.2) is 4.98 Å². The molecule has 19 heavy (non-hydrogen) atoms. The first kappa shape index (κ1) is 12.6. The number of nitrogens with zero attached hydrogens (tertiary/aromatic N) is 2. The Morgan fingerprint density at radius 3 is 2.95 bits per heavy atom. The summed E-state index contributed by atoms with van der Waals surface area (Å²) in [5, 5.41) is 0. The Hall–Kier alpha value is -1.39. The lowest BCUT2D eigenvalue weighted by Crippen LogP contribution is -2.41. The van der Waals surface area contributed by atoms with Crippen LogP contribution in [0, 0.1) is 12.8 Å². The smallest absolute Gasteiger partial charge is 0.192 e. The van der Waals surface area contributed by atoms with Crippen molar-refractivity contribution in [1.82, 2.24) is 9.88 Å². The van der Waals surface area contributed by atoms with Crippen molar-refractivity contribution < 1.29 is 4.42 Å². The van der Waals surface area contributed by atoms with Crippen molar-refractivity contribution >= 4 is 11.1 Å². The first-order valence-electron chi connectivity index (χ1n) is 6.90.